The first-order valence-corrected chi connectivity index (χ1v) is 5.91. The lowest BCUT2D eigenvalue weighted by molar-refractivity contribution is 0.101. The van der Waals surface area contributed by atoms with Gasteiger partial charge in [0.15, 0.2) is 0 Å². The first-order chi connectivity index (χ1) is 10.1. The van der Waals surface area contributed by atoms with E-state index in [9.17, 15) is 9.59 Å². The van der Waals surface area contributed by atoms with Crippen molar-refractivity contribution in [1.82, 2.24) is 19.9 Å². The third kappa shape index (κ3) is 2.39. The van der Waals surface area contributed by atoms with Crippen molar-refractivity contribution in [2.45, 2.75) is 0 Å². The second-order valence-electron chi connectivity index (χ2n) is 4.13. The van der Waals surface area contributed by atoms with E-state index in [0.717, 1.165) is 0 Å². The highest BCUT2D eigenvalue weighted by molar-refractivity contribution is 6.05. The van der Waals surface area contributed by atoms with E-state index in [2.05, 4.69) is 25.2 Å². The quantitative estimate of drug-likeness (QED) is 0.637. The number of H-pyrrole nitrogens is 1. The molecule has 106 valence electrons. The van der Waals surface area contributed by atoms with Crippen molar-refractivity contribution >= 4 is 17.4 Å². The summed E-state index contributed by atoms with van der Waals surface area (Å²) in [5, 5.41) is 9.33. The second-order valence-corrected chi connectivity index (χ2v) is 4.13. The fraction of sp³-hybridized carbons (Fsp3) is 0. The first-order valence-electron chi connectivity index (χ1n) is 5.91. The molecule has 1 aromatic carbocycles. The third-order valence-corrected chi connectivity index (χ3v) is 2.78. The summed E-state index contributed by atoms with van der Waals surface area (Å²) in [5.41, 5.74) is 6.30. The van der Waals surface area contributed by atoms with Gasteiger partial charge in [-0.2, -0.15) is 0 Å². The van der Waals surface area contributed by atoms with Crippen molar-refractivity contribution in [3.8, 4) is 5.69 Å². The minimum absolute atomic E-state index is 0.0806. The molecular weight excluding hydrogens is 276 g/mol. The summed E-state index contributed by atoms with van der Waals surface area (Å²) in [6, 6.07) is 6.68. The average Bonchev–Trinajstić information content (AvgIpc) is 3.08. The topological polar surface area (TPSA) is 132 Å². The molecule has 0 spiro atoms. The van der Waals surface area contributed by atoms with Crippen LogP contribution in [0, 0.1) is 0 Å². The average molecular weight is 286 g/mol. The van der Waals surface area contributed by atoms with Gasteiger partial charge in [-0.25, -0.2) is 9.42 Å². The lowest BCUT2D eigenvalue weighted by atomic mass is 10.2. The lowest BCUT2D eigenvalue weighted by Crippen LogP contribution is -2.15. The van der Waals surface area contributed by atoms with E-state index >= 15 is 0 Å². The van der Waals surface area contributed by atoms with E-state index < -0.39 is 5.91 Å². The van der Waals surface area contributed by atoms with Gasteiger partial charge in [0.05, 0.1) is 5.69 Å². The Morgan fingerprint density at radius 3 is 2.62 bits per heavy atom. The summed E-state index contributed by atoms with van der Waals surface area (Å²) in [4.78, 5) is 25.9. The van der Waals surface area contributed by atoms with E-state index in [1.807, 2.05) is 0 Å². The highest BCUT2D eigenvalue weighted by Gasteiger charge is 2.15. The number of amides is 1. The van der Waals surface area contributed by atoms with Crippen LogP contribution >= 0.6 is 0 Å². The molecule has 4 N–H and O–H groups in total. The van der Waals surface area contributed by atoms with Crippen molar-refractivity contribution in [3.63, 3.8) is 0 Å². The van der Waals surface area contributed by atoms with Crippen LogP contribution in [-0.4, -0.2) is 25.8 Å². The van der Waals surface area contributed by atoms with Crippen molar-refractivity contribution < 1.29 is 9.42 Å². The third-order valence-electron chi connectivity index (χ3n) is 2.78. The summed E-state index contributed by atoms with van der Waals surface area (Å²) in [6.45, 7) is 0. The predicted molar refractivity (Wildman–Crippen MR) is 73.1 cm³/mol. The zero-order valence-corrected chi connectivity index (χ0v) is 10.6. The van der Waals surface area contributed by atoms with Crippen LogP contribution in [0.15, 0.2) is 46.1 Å². The van der Waals surface area contributed by atoms with Gasteiger partial charge in [0.1, 0.15) is 0 Å². The van der Waals surface area contributed by atoms with Gasteiger partial charge in [-0.1, -0.05) is 0 Å². The number of benzene rings is 1. The van der Waals surface area contributed by atoms with Crippen LogP contribution < -0.4 is 16.7 Å². The molecule has 9 nitrogen and oxygen atoms in total. The van der Waals surface area contributed by atoms with Gasteiger partial charge in [0.25, 0.3) is 5.91 Å². The molecule has 0 aliphatic rings. The van der Waals surface area contributed by atoms with E-state index in [-0.39, 0.29) is 17.2 Å². The molecule has 0 bridgehead atoms. The Bertz CT molecular complexity index is 829. The molecule has 3 rings (SSSR count). The summed E-state index contributed by atoms with van der Waals surface area (Å²) in [6.07, 6.45) is 3.15. The molecule has 3 aromatic rings. The SMILES string of the molecule is Nc1nonc1C(=O)Nc1ccc(-n2cc[nH]c2=O)cc1. The smallest absolute Gasteiger partial charge is 0.330 e. The van der Waals surface area contributed by atoms with Gasteiger partial charge < -0.3 is 16.0 Å². The molecule has 0 atom stereocenters. The normalized spacial score (nSPS) is 10.5. The molecule has 2 heterocycles. The number of nitrogens with one attached hydrogen (secondary N) is 2. The van der Waals surface area contributed by atoms with Crippen LogP contribution in [0.25, 0.3) is 5.69 Å². The van der Waals surface area contributed by atoms with E-state index in [0.29, 0.717) is 11.4 Å². The minimum atomic E-state index is -0.527. The molecular formula is C12H10N6O3. The number of carbonyl (C=O) groups is 1. The summed E-state index contributed by atoms with van der Waals surface area (Å²) >= 11 is 0. The molecule has 0 saturated carbocycles. The number of imidazole rings is 1. The van der Waals surface area contributed by atoms with Crippen LogP contribution in [0.3, 0.4) is 0 Å². The van der Waals surface area contributed by atoms with E-state index in [4.69, 9.17) is 5.73 Å². The van der Waals surface area contributed by atoms with E-state index in [1.165, 1.54) is 4.57 Å². The Morgan fingerprint density at radius 1 is 1.29 bits per heavy atom. The molecule has 1 amide bonds. The number of nitrogens with zero attached hydrogens (tertiary/aromatic N) is 3. The Kier molecular flexibility index (Phi) is 2.99. The van der Waals surface area contributed by atoms with Crippen LogP contribution in [0.5, 0.6) is 0 Å². The maximum atomic E-state index is 11.8. The van der Waals surface area contributed by atoms with Gasteiger partial charge in [0.2, 0.25) is 11.5 Å². The van der Waals surface area contributed by atoms with Crippen molar-refractivity contribution in [1.29, 1.82) is 0 Å². The zero-order valence-electron chi connectivity index (χ0n) is 10.6. The van der Waals surface area contributed by atoms with Gasteiger partial charge in [-0.15, -0.1) is 0 Å². The maximum Gasteiger partial charge on any atom is 0.330 e. The molecule has 21 heavy (non-hydrogen) atoms. The predicted octanol–water partition coefficient (Wildman–Crippen LogP) is 0.383. The van der Waals surface area contributed by atoms with Gasteiger partial charge >= 0.3 is 5.69 Å². The molecule has 9 heteroatoms. The number of rotatable bonds is 3. The van der Waals surface area contributed by atoms with Crippen molar-refractivity contribution in [2.75, 3.05) is 11.1 Å². The fourth-order valence-corrected chi connectivity index (χ4v) is 1.77. The standard InChI is InChI=1S/C12H10N6O3/c13-10-9(16-21-17-10)11(19)15-7-1-3-8(4-2-7)18-6-5-14-12(18)20/h1-6H,(H2,13,17)(H,14,20)(H,15,19). The zero-order chi connectivity index (χ0) is 14.8. The Morgan fingerprint density at radius 2 is 2.05 bits per heavy atom. The summed E-state index contributed by atoms with van der Waals surface area (Å²) in [5.74, 6) is -0.608. The van der Waals surface area contributed by atoms with Crippen molar-refractivity contribution in [2.24, 2.45) is 0 Å². The molecule has 0 radical (unpaired) electrons. The number of hydrogen-bond acceptors (Lipinski definition) is 6. The Hall–Kier alpha value is -3.36. The monoisotopic (exact) mass is 286 g/mol. The highest BCUT2D eigenvalue weighted by atomic mass is 16.6. The first kappa shape index (κ1) is 12.7. The number of aromatic nitrogens is 4. The number of nitrogens with two attached hydrogens (primary N) is 1. The maximum absolute atomic E-state index is 11.8. The molecule has 0 saturated heterocycles. The van der Waals surface area contributed by atoms with Crippen LogP contribution in [-0.2, 0) is 0 Å². The fourth-order valence-electron chi connectivity index (χ4n) is 1.77. The molecule has 0 fully saturated rings. The van der Waals surface area contributed by atoms with Gasteiger partial charge in [-0.05, 0) is 34.6 Å². The molecule has 2 aromatic heterocycles. The Balaban J connectivity index is 1.79. The summed E-state index contributed by atoms with van der Waals surface area (Å²) < 4.78 is 5.79. The number of nitrogen functional groups attached to an aromatic ring is 1. The second kappa shape index (κ2) is 4.96. The van der Waals surface area contributed by atoms with Crippen molar-refractivity contribution in [3.05, 3.63) is 52.8 Å². The van der Waals surface area contributed by atoms with Crippen LogP contribution in [0.1, 0.15) is 10.5 Å². The van der Waals surface area contributed by atoms with E-state index in [1.54, 1.807) is 36.7 Å². The molecule has 0 aliphatic carbocycles. The molecule has 0 aliphatic heterocycles. The number of aromatic amines is 1. The largest absolute Gasteiger partial charge is 0.379 e. The molecule has 0 unspecified atom stereocenters. The van der Waals surface area contributed by atoms with Gasteiger partial charge in [-0.3, -0.25) is 9.36 Å². The van der Waals surface area contributed by atoms with Crippen LogP contribution in [0.2, 0.25) is 0 Å². The number of anilines is 2. The minimum Gasteiger partial charge on any atom is -0.379 e. The number of hydrogen-bond donors (Lipinski definition) is 3. The summed E-state index contributed by atoms with van der Waals surface area (Å²) in [7, 11) is 0. The Labute approximate surface area is 117 Å². The van der Waals surface area contributed by atoms with Crippen LogP contribution in [0.4, 0.5) is 11.5 Å². The lowest BCUT2D eigenvalue weighted by Gasteiger charge is -2.05. The highest BCUT2D eigenvalue weighted by Crippen LogP contribution is 2.14. The number of carbonyl (C=O) groups excluding carboxylic acids is 1. The van der Waals surface area contributed by atoms with Gasteiger partial charge in [0, 0.05) is 18.1 Å².